The largest absolute Gasteiger partial charge is 0.494 e. The molecule has 0 radical (unpaired) electrons. The van der Waals surface area contributed by atoms with E-state index < -0.39 is 10.0 Å². The maximum absolute atomic E-state index is 12.2. The van der Waals surface area contributed by atoms with Crippen LogP contribution in [0.1, 0.15) is 0 Å². The topological polar surface area (TPSA) is 68.3 Å². The van der Waals surface area contributed by atoms with E-state index in [2.05, 4.69) is 25.6 Å². The van der Waals surface area contributed by atoms with E-state index in [1.165, 1.54) is 31.5 Å². The van der Waals surface area contributed by atoms with Crippen LogP contribution in [0.3, 0.4) is 0 Å². The van der Waals surface area contributed by atoms with Crippen LogP contribution in [0.5, 0.6) is 5.75 Å². The van der Waals surface area contributed by atoms with Crippen molar-refractivity contribution < 1.29 is 13.2 Å². The molecule has 0 spiro atoms. The molecule has 0 fully saturated rings. The Morgan fingerprint density at radius 1 is 1.35 bits per heavy atom. The molecule has 8 heteroatoms. The van der Waals surface area contributed by atoms with Crippen molar-refractivity contribution in [1.29, 1.82) is 0 Å². The highest BCUT2D eigenvalue weighted by Gasteiger charge is 2.18. The highest BCUT2D eigenvalue weighted by molar-refractivity contribution is 9.10. The van der Waals surface area contributed by atoms with Crippen LogP contribution >= 0.6 is 27.5 Å². The van der Waals surface area contributed by atoms with Crippen LogP contribution in [0.15, 0.2) is 46.0 Å². The van der Waals surface area contributed by atoms with Gasteiger partial charge in [-0.2, -0.15) is 0 Å². The SMILES string of the molecule is COc1cc(NS(=O)(=O)c2ccccc2Cl)cnc1Br. The molecule has 0 aliphatic heterocycles. The smallest absolute Gasteiger partial charge is 0.263 e. The number of rotatable bonds is 4. The lowest BCUT2D eigenvalue weighted by Gasteiger charge is -2.10. The van der Waals surface area contributed by atoms with E-state index in [-0.39, 0.29) is 15.6 Å². The Kier molecular flexibility index (Phi) is 4.52. The summed E-state index contributed by atoms with van der Waals surface area (Å²) in [5.74, 6) is 0.421. The molecule has 2 rings (SSSR count). The minimum Gasteiger partial charge on any atom is -0.494 e. The lowest BCUT2D eigenvalue weighted by Crippen LogP contribution is -2.13. The summed E-state index contributed by atoms with van der Waals surface area (Å²) in [6.07, 6.45) is 1.38. The van der Waals surface area contributed by atoms with Crippen molar-refractivity contribution in [3.05, 3.63) is 46.2 Å². The molecular weight excluding hydrogens is 368 g/mol. The van der Waals surface area contributed by atoms with Crippen molar-refractivity contribution in [1.82, 2.24) is 4.98 Å². The molecule has 1 heterocycles. The number of nitrogens with one attached hydrogen (secondary N) is 1. The number of anilines is 1. The van der Waals surface area contributed by atoms with Gasteiger partial charge in [-0.25, -0.2) is 13.4 Å². The van der Waals surface area contributed by atoms with Crippen molar-refractivity contribution in [3.63, 3.8) is 0 Å². The van der Waals surface area contributed by atoms with Crippen LogP contribution in [0, 0.1) is 0 Å². The van der Waals surface area contributed by atoms with Crippen LogP contribution in [0.25, 0.3) is 0 Å². The first kappa shape index (κ1) is 15.1. The number of ether oxygens (including phenoxy) is 1. The fourth-order valence-corrected chi connectivity index (χ4v) is 3.43. The third-order valence-electron chi connectivity index (χ3n) is 2.41. The van der Waals surface area contributed by atoms with Crippen LogP contribution < -0.4 is 9.46 Å². The average Bonchev–Trinajstić information content (AvgIpc) is 2.41. The molecule has 0 atom stereocenters. The summed E-state index contributed by atoms with van der Waals surface area (Å²) in [5, 5.41) is 0.150. The first-order valence-corrected chi connectivity index (χ1v) is 8.06. The number of sulfonamides is 1. The van der Waals surface area contributed by atoms with Gasteiger partial charge in [0.1, 0.15) is 9.50 Å². The number of aromatic nitrogens is 1. The number of hydrogen-bond acceptors (Lipinski definition) is 4. The van der Waals surface area contributed by atoms with E-state index in [1.807, 2.05) is 0 Å². The van der Waals surface area contributed by atoms with Crippen LogP contribution in [-0.2, 0) is 10.0 Å². The molecule has 0 aliphatic rings. The van der Waals surface area contributed by atoms with Crippen LogP contribution in [-0.4, -0.2) is 20.5 Å². The second-order valence-electron chi connectivity index (χ2n) is 3.75. The van der Waals surface area contributed by atoms with E-state index in [0.717, 1.165) is 0 Å². The van der Waals surface area contributed by atoms with Gasteiger partial charge in [0.15, 0.2) is 5.75 Å². The molecule has 0 bridgehead atoms. The molecular formula is C12H10BrClN2O3S. The minimum absolute atomic E-state index is 0.00329. The number of benzene rings is 1. The van der Waals surface area contributed by atoms with Gasteiger partial charge in [-0.1, -0.05) is 23.7 Å². The maximum atomic E-state index is 12.2. The Hall–Kier alpha value is -1.31. The van der Waals surface area contributed by atoms with Gasteiger partial charge in [-0.3, -0.25) is 4.72 Å². The summed E-state index contributed by atoms with van der Waals surface area (Å²) < 4.78 is 32.4. The summed E-state index contributed by atoms with van der Waals surface area (Å²) in [5.41, 5.74) is 0.282. The molecule has 5 nitrogen and oxygen atoms in total. The zero-order valence-electron chi connectivity index (χ0n) is 10.3. The van der Waals surface area contributed by atoms with E-state index >= 15 is 0 Å². The zero-order valence-corrected chi connectivity index (χ0v) is 13.5. The highest BCUT2D eigenvalue weighted by Crippen LogP contribution is 2.28. The third-order valence-corrected chi connectivity index (χ3v) is 4.88. The van der Waals surface area contributed by atoms with Crippen molar-refractivity contribution in [2.24, 2.45) is 0 Å². The van der Waals surface area contributed by atoms with Crippen molar-refractivity contribution in [2.75, 3.05) is 11.8 Å². The molecule has 20 heavy (non-hydrogen) atoms. The Balaban J connectivity index is 2.36. The Morgan fingerprint density at radius 2 is 2.05 bits per heavy atom. The number of halogens is 2. The van der Waals surface area contributed by atoms with Gasteiger partial charge in [0.25, 0.3) is 10.0 Å². The first-order valence-electron chi connectivity index (χ1n) is 5.41. The molecule has 2 aromatic rings. The lowest BCUT2D eigenvalue weighted by molar-refractivity contribution is 0.410. The number of pyridine rings is 1. The summed E-state index contributed by atoms with van der Waals surface area (Å²) >= 11 is 9.08. The van der Waals surface area contributed by atoms with Crippen molar-refractivity contribution >= 4 is 43.2 Å². The molecule has 106 valence electrons. The van der Waals surface area contributed by atoms with Gasteiger partial charge in [-0.15, -0.1) is 0 Å². The summed E-state index contributed by atoms with van der Waals surface area (Å²) in [6.45, 7) is 0. The maximum Gasteiger partial charge on any atom is 0.263 e. The van der Waals surface area contributed by atoms with Gasteiger partial charge in [0, 0.05) is 6.07 Å². The molecule has 0 saturated heterocycles. The van der Waals surface area contributed by atoms with E-state index in [0.29, 0.717) is 10.4 Å². The van der Waals surface area contributed by atoms with Gasteiger partial charge in [0.2, 0.25) is 0 Å². The fourth-order valence-electron chi connectivity index (χ4n) is 1.50. The second-order valence-corrected chi connectivity index (χ2v) is 6.56. The summed E-state index contributed by atoms with van der Waals surface area (Å²) in [7, 11) is -2.31. The number of nitrogens with zero attached hydrogens (tertiary/aromatic N) is 1. The molecule has 1 N–H and O–H groups in total. The molecule has 1 aromatic heterocycles. The Labute approximate surface area is 130 Å². The number of methoxy groups -OCH3 is 1. The first-order chi connectivity index (χ1) is 9.44. The minimum atomic E-state index is -3.77. The quantitative estimate of drug-likeness (QED) is 0.830. The lowest BCUT2D eigenvalue weighted by atomic mass is 10.4. The molecule has 0 aliphatic carbocycles. The normalized spacial score (nSPS) is 11.2. The summed E-state index contributed by atoms with van der Waals surface area (Å²) in [4.78, 5) is 3.99. The average molecular weight is 378 g/mol. The molecule has 1 aromatic carbocycles. The highest BCUT2D eigenvalue weighted by atomic mass is 79.9. The Bertz CT molecular complexity index is 737. The standard InChI is InChI=1S/C12H10BrClN2O3S/c1-19-10-6-8(7-15-12(10)13)16-20(17,18)11-5-3-2-4-9(11)14/h2-7,16H,1H3. The van der Waals surface area contributed by atoms with Gasteiger partial charge < -0.3 is 4.74 Å². The Morgan fingerprint density at radius 3 is 2.70 bits per heavy atom. The van der Waals surface area contributed by atoms with E-state index in [4.69, 9.17) is 16.3 Å². The summed E-state index contributed by atoms with van der Waals surface area (Å²) in [6, 6.07) is 7.71. The van der Waals surface area contributed by atoms with E-state index in [9.17, 15) is 8.42 Å². The van der Waals surface area contributed by atoms with Gasteiger partial charge in [0.05, 0.1) is 24.0 Å². The van der Waals surface area contributed by atoms with Crippen LogP contribution in [0.2, 0.25) is 5.02 Å². The predicted molar refractivity (Wildman–Crippen MR) is 80.7 cm³/mol. The van der Waals surface area contributed by atoms with Crippen molar-refractivity contribution in [2.45, 2.75) is 4.90 Å². The number of hydrogen-bond donors (Lipinski definition) is 1. The third kappa shape index (κ3) is 3.23. The van der Waals surface area contributed by atoms with Crippen LogP contribution in [0.4, 0.5) is 5.69 Å². The predicted octanol–water partition coefficient (Wildman–Crippen LogP) is 3.31. The molecule has 0 unspecified atom stereocenters. The molecule has 0 amide bonds. The van der Waals surface area contributed by atoms with E-state index in [1.54, 1.807) is 12.1 Å². The molecule has 0 saturated carbocycles. The monoisotopic (exact) mass is 376 g/mol. The second kappa shape index (κ2) is 5.99. The fraction of sp³-hybridized carbons (Fsp3) is 0.0833. The van der Waals surface area contributed by atoms with Gasteiger partial charge in [-0.05, 0) is 28.1 Å². The van der Waals surface area contributed by atoms with Gasteiger partial charge >= 0.3 is 0 Å². The van der Waals surface area contributed by atoms with Crippen molar-refractivity contribution in [3.8, 4) is 5.75 Å². The zero-order chi connectivity index (χ0) is 14.8.